The van der Waals surface area contributed by atoms with Crippen molar-refractivity contribution in [3.05, 3.63) is 0 Å². The third-order valence-electron chi connectivity index (χ3n) is 8.25. The molecule has 0 bridgehead atoms. The van der Waals surface area contributed by atoms with Gasteiger partial charge in [-0.05, 0) is 74.0 Å². The van der Waals surface area contributed by atoms with Crippen molar-refractivity contribution in [2.24, 2.45) is 40.9 Å². The molecule has 4 saturated carbocycles. The number of Topliss-reactive ketones (excluding diaryl/α,β-unsaturated/α-hetero) is 1. The summed E-state index contributed by atoms with van der Waals surface area (Å²) in [7, 11) is 0. The van der Waals surface area contributed by atoms with Crippen LogP contribution in [-0.2, 0) is 14.3 Å². The van der Waals surface area contributed by atoms with Crippen molar-refractivity contribution in [1.82, 2.24) is 0 Å². The third kappa shape index (κ3) is 2.45. The van der Waals surface area contributed by atoms with Gasteiger partial charge in [-0.25, -0.2) is 0 Å². The zero-order valence-electron chi connectivity index (χ0n) is 15.4. The maximum absolute atomic E-state index is 12.6. The Hall–Kier alpha value is -0.860. The molecule has 0 heterocycles. The van der Waals surface area contributed by atoms with Gasteiger partial charge >= 0.3 is 5.97 Å². The van der Waals surface area contributed by atoms with Crippen molar-refractivity contribution in [1.29, 1.82) is 0 Å². The van der Waals surface area contributed by atoms with Crippen LogP contribution in [0.1, 0.15) is 72.1 Å². The van der Waals surface area contributed by atoms with Crippen molar-refractivity contribution >= 4 is 11.8 Å². The number of esters is 1. The van der Waals surface area contributed by atoms with Crippen LogP contribution in [0.5, 0.6) is 0 Å². The molecule has 0 saturated heterocycles. The lowest BCUT2D eigenvalue weighted by Gasteiger charge is -2.55. The molecule has 3 nitrogen and oxygen atoms in total. The second kappa shape index (κ2) is 5.85. The van der Waals surface area contributed by atoms with Crippen LogP contribution in [0.4, 0.5) is 0 Å². The highest BCUT2D eigenvalue weighted by molar-refractivity contribution is 5.89. The quantitative estimate of drug-likeness (QED) is 0.669. The summed E-state index contributed by atoms with van der Waals surface area (Å²) in [4.78, 5) is 24.1. The topological polar surface area (TPSA) is 43.4 Å². The number of fused-ring (bicyclic) bond motifs is 5. The molecule has 8 atom stereocenters. The molecule has 0 aromatic carbocycles. The zero-order chi connectivity index (χ0) is 17.1. The number of rotatable bonds is 1. The first-order chi connectivity index (χ1) is 11.4. The Kier molecular flexibility index (Phi) is 4.04. The fourth-order valence-electron chi connectivity index (χ4n) is 7.20. The van der Waals surface area contributed by atoms with Gasteiger partial charge in [0.1, 0.15) is 0 Å². The van der Waals surface area contributed by atoms with Crippen LogP contribution >= 0.6 is 0 Å². The largest absolute Gasteiger partial charge is 0.454 e. The van der Waals surface area contributed by atoms with Gasteiger partial charge in [0, 0.05) is 18.8 Å². The maximum Gasteiger partial charge on any atom is 0.303 e. The lowest BCUT2D eigenvalue weighted by Crippen LogP contribution is -2.50. The van der Waals surface area contributed by atoms with Crippen LogP contribution in [-0.4, -0.2) is 17.9 Å². The lowest BCUT2D eigenvalue weighted by molar-refractivity contribution is -0.162. The highest BCUT2D eigenvalue weighted by Gasteiger charge is 2.61. The van der Waals surface area contributed by atoms with Gasteiger partial charge in [-0.2, -0.15) is 0 Å². The summed E-state index contributed by atoms with van der Waals surface area (Å²) in [6, 6.07) is 0. The second-order valence-electron chi connectivity index (χ2n) is 9.56. The van der Waals surface area contributed by atoms with Gasteiger partial charge in [-0.3, -0.25) is 9.59 Å². The molecule has 24 heavy (non-hydrogen) atoms. The molecular formula is C21H32O3. The van der Waals surface area contributed by atoms with Gasteiger partial charge in [0.15, 0.2) is 11.9 Å². The first-order valence-corrected chi connectivity index (χ1v) is 10.1. The standard InChI is InChI=1S/C21H32O3/c1-12-4-6-15-14(10-12)5-7-17-16(15)8-9-21(3)18(17)11-19(23)20(21)24-13(2)22/h12,14-18,20H,4-11H2,1-3H3/t12-,14-,15+,16-,17-,18+,20+,21+/m0/s1. The monoisotopic (exact) mass is 332 g/mol. The molecule has 0 spiro atoms. The minimum Gasteiger partial charge on any atom is -0.454 e. The van der Waals surface area contributed by atoms with Crippen LogP contribution < -0.4 is 0 Å². The van der Waals surface area contributed by atoms with Crippen molar-refractivity contribution < 1.29 is 14.3 Å². The highest BCUT2D eigenvalue weighted by atomic mass is 16.5. The van der Waals surface area contributed by atoms with Crippen LogP contribution in [0.3, 0.4) is 0 Å². The van der Waals surface area contributed by atoms with E-state index in [1.165, 1.54) is 45.4 Å². The Labute approximate surface area is 145 Å². The van der Waals surface area contributed by atoms with Gasteiger partial charge in [-0.1, -0.05) is 20.3 Å². The average Bonchev–Trinajstić information content (AvgIpc) is 2.78. The number of carbonyl (C=O) groups excluding carboxylic acids is 2. The summed E-state index contributed by atoms with van der Waals surface area (Å²) in [5, 5.41) is 0. The van der Waals surface area contributed by atoms with Gasteiger partial charge in [0.25, 0.3) is 0 Å². The lowest BCUT2D eigenvalue weighted by atomic mass is 9.50. The predicted octanol–water partition coefficient (Wildman–Crippen LogP) is 4.39. The Morgan fingerprint density at radius 1 is 1.08 bits per heavy atom. The molecule has 4 aliphatic rings. The second-order valence-corrected chi connectivity index (χ2v) is 9.56. The first-order valence-electron chi connectivity index (χ1n) is 10.1. The molecule has 4 fully saturated rings. The Balaban J connectivity index is 1.57. The summed E-state index contributed by atoms with van der Waals surface area (Å²) in [5.41, 5.74) is -0.112. The van der Waals surface area contributed by atoms with Gasteiger partial charge in [0.05, 0.1) is 0 Å². The average molecular weight is 332 g/mol. The molecule has 3 heteroatoms. The van der Waals surface area contributed by atoms with E-state index in [1.54, 1.807) is 0 Å². The molecule has 0 aromatic rings. The van der Waals surface area contributed by atoms with E-state index in [2.05, 4.69) is 13.8 Å². The first kappa shape index (κ1) is 16.6. The van der Waals surface area contributed by atoms with E-state index in [4.69, 9.17) is 4.74 Å². The van der Waals surface area contributed by atoms with E-state index >= 15 is 0 Å². The van der Waals surface area contributed by atoms with Gasteiger partial charge in [-0.15, -0.1) is 0 Å². The van der Waals surface area contributed by atoms with Crippen molar-refractivity contribution in [3.8, 4) is 0 Å². The van der Waals surface area contributed by atoms with E-state index in [1.807, 2.05) is 0 Å². The molecule has 134 valence electrons. The van der Waals surface area contributed by atoms with E-state index in [0.717, 1.165) is 30.1 Å². The van der Waals surface area contributed by atoms with Crippen LogP contribution in [0, 0.1) is 40.9 Å². The number of carbonyl (C=O) groups is 2. The molecule has 0 amide bonds. The summed E-state index contributed by atoms with van der Waals surface area (Å²) < 4.78 is 5.51. The Morgan fingerprint density at radius 3 is 2.58 bits per heavy atom. The minimum atomic E-state index is -0.481. The van der Waals surface area contributed by atoms with Crippen LogP contribution in [0.25, 0.3) is 0 Å². The van der Waals surface area contributed by atoms with E-state index in [0.29, 0.717) is 18.3 Å². The Morgan fingerprint density at radius 2 is 1.83 bits per heavy atom. The SMILES string of the molecule is CC(=O)O[C@@H]1C(=O)C[C@@H]2[C@H]3CC[C@H]4C[C@@H](C)CC[C@H]4[C@@H]3CC[C@@]12C. The number of ketones is 1. The van der Waals surface area contributed by atoms with E-state index in [-0.39, 0.29) is 17.2 Å². The number of ether oxygens (including phenoxy) is 1. The fraction of sp³-hybridized carbons (Fsp3) is 0.905. The summed E-state index contributed by atoms with van der Waals surface area (Å²) in [6.07, 6.45) is 9.31. The Bertz CT molecular complexity index is 541. The molecule has 0 radical (unpaired) electrons. The third-order valence-corrected chi connectivity index (χ3v) is 8.25. The van der Waals surface area contributed by atoms with E-state index < -0.39 is 6.10 Å². The van der Waals surface area contributed by atoms with Crippen LogP contribution in [0.2, 0.25) is 0 Å². The van der Waals surface area contributed by atoms with Gasteiger partial charge < -0.3 is 4.74 Å². The molecule has 0 N–H and O–H groups in total. The van der Waals surface area contributed by atoms with Crippen molar-refractivity contribution in [2.45, 2.75) is 78.2 Å². The summed E-state index contributed by atoms with van der Waals surface area (Å²) >= 11 is 0. The molecule has 0 aliphatic heterocycles. The normalized spacial score (nSPS) is 50.6. The predicted molar refractivity (Wildman–Crippen MR) is 92.2 cm³/mol. The highest BCUT2D eigenvalue weighted by Crippen LogP contribution is 2.62. The molecule has 0 unspecified atom stereocenters. The number of hydrogen-bond donors (Lipinski definition) is 0. The maximum atomic E-state index is 12.6. The van der Waals surface area contributed by atoms with E-state index in [9.17, 15) is 9.59 Å². The van der Waals surface area contributed by atoms with Crippen molar-refractivity contribution in [2.75, 3.05) is 0 Å². The van der Waals surface area contributed by atoms with Gasteiger partial charge in [0.2, 0.25) is 0 Å². The number of hydrogen-bond acceptors (Lipinski definition) is 3. The minimum absolute atomic E-state index is 0.112. The van der Waals surface area contributed by atoms with Crippen molar-refractivity contribution in [3.63, 3.8) is 0 Å². The fourth-order valence-corrected chi connectivity index (χ4v) is 7.20. The molecule has 4 aliphatic carbocycles. The summed E-state index contributed by atoms with van der Waals surface area (Å²) in [5.74, 6) is 4.54. The summed E-state index contributed by atoms with van der Waals surface area (Å²) in [6.45, 7) is 6.07. The molecular weight excluding hydrogens is 300 g/mol. The zero-order valence-corrected chi connectivity index (χ0v) is 15.4. The molecule has 4 rings (SSSR count). The molecule has 0 aromatic heterocycles. The van der Waals surface area contributed by atoms with Crippen LogP contribution in [0.15, 0.2) is 0 Å². The smallest absolute Gasteiger partial charge is 0.303 e.